The monoisotopic (exact) mass is 183 g/mol. The molecule has 0 N–H and O–H groups in total. The van der Waals surface area contributed by atoms with Crippen LogP contribution in [0.1, 0.15) is 33.6 Å². The first-order chi connectivity index (χ1) is 6.00. The van der Waals surface area contributed by atoms with Gasteiger partial charge in [-0.15, -0.1) is 0 Å². The minimum absolute atomic E-state index is 0.256. The van der Waals surface area contributed by atoms with Crippen LogP contribution in [0.3, 0.4) is 0 Å². The fourth-order valence-electron chi connectivity index (χ4n) is 2.51. The molecule has 74 valence electrons. The van der Waals surface area contributed by atoms with Gasteiger partial charge in [-0.25, -0.2) is 0 Å². The van der Waals surface area contributed by atoms with Crippen LogP contribution in [0.25, 0.3) is 0 Å². The zero-order chi connectivity index (χ0) is 9.64. The molecule has 2 fully saturated rings. The summed E-state index contributed by atoms with van der Waals surface area (Å²) in [7, 11) is 0. The molecular formula is C10H17NO2. The van der Waals surface area contributed by atoms with Gasteiger partial charge >= 0.3 is 0 Å². The van der Waals surface area contributed by atoms with Gasteiger partial charge in [0.2, 0.25) is 5.91 Å². The molecule has 2 heterocycles. The summed E-state index contributed by atoms with van der Waals surface area (Å²) >= 11 is 0. The molecule has 2 rings (SSSR count). The lowest BCUT2D eigenvalue weighted by Gasteiger charge is -2.38. The lowest BCUT2D eigenvalue weighted by molar-refractivity contribution is -0.150. The van der Waals surface area contributed by atoms with Gasteiger partial charge in [-0.3, -0.25) is 4.79 Å². The second-order valence-corrected chi connectivity index (χ2v) is 4.72. The van der Waals surface area contributed by atoms with Gasteiger partial charge in [0, 0.05) is 6.42 Å². The zero-order valence-electron chi connectivity index (χ0n) is 8.54. The largest absolute Gasteiger partial charge is 0.354 e. The van der Waals surface area contributed by atoms with Crippen LogP contribution in [0.4, 0.5) is 0 Å². The van der Waals surface area contributed by atoms with Crippen molar-refractivity contribution in [3.63, 3.8) is 0 Å². The van der Waals surface area contributed by atoms with Gasteiger partial charge in [0.1, 0.15) is 5.72 Å². The zero-order valence-corrected chi connectivity index (χ0v) is 8.54. The molecule has 0 saturated carbocycles. The highest BCUT2D eigenvalue weighted by Gasteiger charge is 2.46. The quantitative estimate of drug-likeness (QED) is 0.568. The first kappa shape index (κ1) is 9.00. The molecule has 2 atom stereocenters. The fraction of sp³-hybridized carbons (Fsp3) is 0.900. The minimum atomic E-state index is -0.373. The molecular weight excluding hydrogens is 166 g/mol. The minimum Gasteiger partial charge on any atom is -0.354 e. The summed E-state index contributed by atoms with van der Waals surface area (Å²) in [6.07, 6.45) is 1.78. The van der Waals surface area contributed by atoms with Crippen molar-refractivity contribution in [1.29, 1.82) is 0 Å². The Hall–Kier alpha value is -0.570. The highest BCUT2D eigenvalue weighted by atomic mass is 16.5. The summed E-state index contributed by atoms with van der Waals surface area (Å²) in [6.45, 7) is 6.80. The molecule has 0 bridgehead atoms. The maximum Gasteiger partial charge on any atom is 0.225 e. The molecule has 2 aliphatic rings. The second-order valence-electron chi connectivity index (χ2n) is 4.72. The molecule has 0 aromatic heterocycles. The lowest BCUT2D eigenvalue weighted by Crippen LogP contribution is -2.51. The Morgan fingerprint density at radius 1 is 1.54 bits per heavy atom. The first-order valence-electron chi connectivity index (χ1n) is 4.97. The molecule has 1 unspecified atom stereocenters. The number of nitrogens with zero attached hydrogens (tertiary/aromatic N) is 1. The third-order valence-corrected chi connectivity index (χ3v) is 3.04. The first-order valence-corrected chi connectivity index (χ1v) is 4.97. The van der Waals surface area contributed by atoms with Gasteiger partial charge in [-0.1, -0.05) is 6.92 Å². The normalized spacial score (nSPS) is 37.8. The number of hydrogen-bond acceptors (Lipinski definition) is 2. The third kappa shape index (κ3) is 1.35. The molecule has 0 radical (unpaired) electrons. The summed E-state index contributed by atoms with van der Waals surface area (Å²) in [5, 5.41) is 0. The Labute approximate surface area is 79.0 Å². The van der Waals surface area contributed by atoms with E-state index in [1.807, 2.05) is 18.7 Å². The van der Waals surface area contributed by atoms with Crippen molar-refractivity contribution in [2.75, 3.05) is 6.61 Å². The van der Waals surface area contributed by atoms with E-state index in [0.717, 1.165) is 6.42 Å². The van der Waals surface area contributed by atoms with Crippen molar-refractivity contribution < 1.29 is 9.53 Å². The number of rotatable bonds is 0. The maximum atomic E-state index is 11.7. The van der Waals surface area contributed by atoms with Crippen LogP contribution in [-0.2, 0) is 9.53 Å². The van der Waals surface area contributed by atoms with Crippen LogP contribution in [-0.4, -0.2) is 29.2 Å². The highest BCUT2D eigenvalue weighted by Crippen LogP contribution is 2.35. The lowest BCUT2D eigenvalue weighted by atomic mass is 9.92. The molecule has 2 aliphatic heterocycles. The Kier molecular flexibility index (Phi) is 1.88. The predicted molar refractivity (Wildman–Crippen MR) is 49.1 cm³/mol. The van der Waals surface area contributed by atoms with E-state index in [0.29, 0.717) is 25.0 Å². The highest BCUT2D eigenvalue weighted by molar-refractivity contribution is 5.78. The topological polar surface area (TPSA) is 29.5 Å². The van der Waals surface area contributed by atoms with E-state index in [2.05, 4.69) is 6.92 Å². The average Bonchev–Trinajstić information content (AvgIpc) is 2.26. The van der Waals surface area contributed by atoms with Gasteiger partial charge in [0.15, 0.2) is 0 Å². The molecule has 3 heteroatoms. The molecule has 2 saturated heterocycles. The van der Waals surface area contributed by atoms with Crippen molar-refractivity contribution in [2.24, 2.45) is 5.92 Å². The number of ether oxygens (including phenoxy) is 1. The number of carbonyl (C=O) groups is 1. The van der Waals surface area contributed by atoms with Gasteiger partial charge in [-0.05, 0) is 26.2 Å². The van der Waals surface area contributed by atoms with Crippen LogP contribution in [0, 0.1) is 5.92 Å². The Bertz CT molecular complexity index is 237. The van der Waals surface area contributed by atoms with Gasteiger partial charge in [0.05, 0.1) is 12.6 Å². The maximum absolute atomic E-state index is 11.7. The van der Waals surface area contributed by atoms with Crippen LogP contribution < -0.4 is 0 Å². The number of amides is 1. The van der Waals surface area contributed by atoms with E-state index < -0.39 is 0 Å². The van der Waals surface area contributed by atoms with Gasteiger partial charge in [0.25, 0.3) is 0 Å². The number of carbonyl (C=O) groups excluding carboxylic acids is 1. The second kappa shape index (κ2) is 2.71. The fourth-order valence-corrected chi connectivity index (χ4v) is 2.51. The molecule has 0 aromatic carbocycles. The Morgan fingerprint density at radius 3 is 2.92 bits per heavy atom. The van der Waals surface area contributed by atoms with Crippen LogP contribution in [0.2, 0.25) is 0 Å². The van der Waals surface area contributed by atoms with Crippen LogP contribution >= 0.6 is 0 Å². The summed E-state index contributed by atoms with van der Waals surface area (Å²) in [6, 6.07) is 0.325. The summed E-state index contributed by atoms with van der Waals surface area (Å²) < 4.78 is 5.61. The number of fused-ring (bicyclic) bond motifs is 1. The van der Waals surface area contributed by atoms with Crippen LogP contribution in [0.5, 0.6) is 0 Å². The molecule has 13 heavy (non-hydrogen) atoms. The van der Waals surface area contributed by atoms with Crippen molar-refractivity contribution in [1.82, 2.24) is 4.90 Å². The van der Waals surface area contributed by atoms with Crippen LogP contribution in [0.15, 0.2) is 0 Å². The van der Waals surface area contributed by atoms with E-state index in [1.165, 1.54) is 0 Å². The standard InChI is InChI=1S/C10H17NO2/c1-7-4-8-6-13-10(2,3)11(8)9(12)5-7/h7-8H,4-6H2,1-3H3/t7?,8-/m0/s1. The van der Waals surface area contributed by atoms with Crippen molar-refractivity contribution in [3.05, 3.63) is 0 Å². The molecule has 0 aliphatic carbocycles. The summed E-state index contributed by atoms with van der Waals surface area (Å²) in [4.78, 5) is 13.7. The molecule has 0 spiro atoms. The van der Waals surface area contributed by atoms with Crippen molar-refractivity contribution in [3.8, 4) is 0 Å². The molecule has 3 nitrogen and oxygen atoms in total. The predicted octanol–water partition coefficient (Wildman–Crippen LogP) is 1.38. The SMILES string of the molecule is CC1CC(=O)N2[C@H](COC2(C)C)C1. The van der Waals surface area contributed by atoms with E-state index >= 15 is 0 Å². The summed E-state index contributed by atoms with van der Waals surface area (Å²) in [5.74, 6) is 0.775. The Balaban J connectivity index is 2.21. The summed E-state index contributed by atoms with van der Waals surface area (Å²) in [5.41, 5.74) is -0.373. The Morgan fingerprint density at radius 2 is 2.23 bits per heavy atom. The third-order valence-electron chi connectivity index (χ3n) is 3.04. The molecule has 1 amide bonds. The number of hydrogen-bond donors (Lipinski definition) is 0. The van der Waals surface area contributed by atoms with E-state index in [9.17, 15) is 4.79 Å². The van der Waals surface area contributed by atoms with Crippen molar-refractivity contribution >= 4 is 5.91 Å². The number of piperidine rings is 1. The van der Waals surface area contributed by atoms with E-state index in [1.54, 1.807) is 0 Å². The van der Waals surface area contributed by atoms with E-state index in [4.69, 9.17) is 4.74 Å². The van der Waals surface area contributed by atoms with E-state index in [-0.39, 0.29) is 11.6 Å². The van der Waals surface area contributed by atoms with Gasteiger partial charge in [-0.2, -0.15) is 0 Å². The smallest absolute Gasteiger partial charge is 0.225 e. The van der Waals surface area contributed by atoms with Gasteiger partial charge < -0.3 is 9.64 Å². The average molecular weight is 183 g/mol. The van der Waals surface area contributed by atoms with Crippen molar-refractivity contribution in [2.45, 2.75) is 45.4 Å². The molecule has 0 aromatic rings.